The minimum absolute atomic E-state index is 0.182. The van der Waals surface area contributed by atoms with Crippen molar-refractivity contribution in [3.63, 3.8) is 0 Å². The Hall–Kier alpha value is -0.250. The Bertz CT molecular complexity index is 454. The topological polar surface area (TPSA) is 21.3 Å². The summed E-state index contributed by atoms with van der Waals surface area (Å²) in [6.45, 7) is 7.36. The third-order valence-corrected chi connectivity index (χ3v) is 5.19. The predicted molar refractivity (Wildman–Crippen MR) is 85.0 cm³/mol. The fourth-order valence-electron chi connectivity index (χ4n) is 2.77. The summed E-state index contributed by atoms with van der Waals surface area (Å²) < 4.78 is 6.86. The molecule has 1 N–H and O–H groups in total. The molecule has 0 saturated heterocycles. The van der Waals surface area contributed by atoms with E-state index in [9.17, 15) is 0 Å². The minimum Gasteiger partial charge on any atom is -0.380 e. The summed E-state index contributed by atoms with van der Waals surface area (Å²) in [5, 5.41) is 4.34. The van der Waals surface area contributed by atoms with E-state index in [1.54, 1.807) is 0 Å². The van der Waals surface area contributed by atoms with Crippen molar-refractivity contribution in [3.8, 4) is 0 Å². The zero-order valence-corrected chi connectivity index (χ0v) is 14.0. The monoisotopic (exact) mass is 345 g/mol. The SMILES string of the molecule is CCOC1CC(Nc2cc(Br)ccc2Cl)C1(C)CC. The van der Waals surface area contributed by atoms with Crippen molar-refractivity contribution in [2.75, 3.05) is 11.9 Å². The van der Waals surface area contributed by atoms with Crippen LogP contribution in [-0.2, 0) is 4.74 Å². The van der Waals surface area contributed by atoms with Gasteiger partial charge in [-0.15, -0.1) is 0 Å². The number of ether oxygens (including phenoxy) is 1. The van der Waals surface area contributed by atoms with E-state index in [0.717, 1.165) is 34.6 Å². The Balaban J connectivity index is 2.10. The molecule has 3 unspecified atom stereocenters. The Kier molecular flexibility index (Phi) is 4.80. The summed E-state index contributed by atoms with van der Waals surface area (Å²) in [6.07, 6.45) is 2.49. The van der Waals surface area contributed by atoms with Crippen molar-refractivity contribution < 1.29 is 4.74 Å². The van der Waals surface area contributed by atoms with Crippen molar-refractivity contribution in [2.45, 2.75) is 45.8 Å². The Morgan fingerprint density at radius 3 is 2.84 bits per heavy atom. The summed E-state index contributed by atoms with van der Waals surface area (Å²) in [5.41, 5.74) is 1.18. The van der Waals surface area contributed by atoms with Crippen molar-refractivity contribution in [1.82, 2.24) is 0 Å². The highest BCUT2D eigenvalue weighted by molar-refractivity contribution is 9.10. The van der Waals surface area contributed by atoms with Crippen molar-refractivity contribution in [2.24, 2.45) is 5.41 Å². The summed E-state index contributed by atoms with van der Waals surface area (Å²) in [5.74, 6) is 0. The summed E-state index contributed by atoms with van der Waals surface area (Å²) in [6, 6.07) is 6.32. The molecule has 19 heavy (non-hydrogen) atoms. The maximum Gasteiger partial charge on any atom is 0.0667 e. The molecule has 3 atom stereocenters. The van der Waals surface area contributed by atoms with Gasteiger partial charge in [0.05, 0.1) is 16.8 Å². The standard InChI is InChI=1S/C15H21BrClNO/c1-4-15(3)13(9-14(15)19-5-2)18-12-8-10(16)6-7-11(12)17/h6-8,13-14,18H,4-5,9H2,1-3H3. The van der Waals surface area contributed by atoms with Crippen molar-refractivity contribution >= 4 is 33.2 Å². The van der Waals surface area contributed by atoms with E-state index in [1.165, 1.54) is 0 Å². The number of rotatable bonds is 5. The maximum atomic E-state index is 6.24. The van der Waals surface area contributed by atoms with E-state index < -0.39 is 0 Å². The number of nitrogens with one attached hydrogen (secondary N) is 1. The number of benzene rings is 1. The number of hydrogen-bond acceptors (Lipinski definition) is 2. The highest BCUT2D eigenvalue weighted by Gasteiger charge is 2.51. The fourth-order valence-corrected chi connectivity index (χ4v) is 3.30. The number of hydrogen-bond donors (Lipinski definition) is 1. The van der Waals surface area contributed by atoms with Gasteiger partial charge >= 0.3 is 0 Å². The molecule has 1 aliphatic rings. The molecule has 0 aliphatic heterocycles. The van der Waals surface area contributed by atoms with Gasteiger partial charge in [-0.1, -0.05) is 41.4 Å². The summed E-state index contributed by atoms with van der Waals surface area (Å²) in [4.78, 5) is 0. The predicted octanol–water partition coefficient (Wildman–Crippen LogP) is 5.11. The molecule has 0 bridgehead atoms. The van der Waals surface area contributed by atoms with Crippen LogP contribution in [0.25, 0.3) is 0 Å². The molecule has 2 rings (SSSR count). The Morgan fingerprint density at radius 2 is 2.21 bits per heavy atom. The van der Waals surface area contributed by atoms with Crippen LogP contribution in [0.1, 0.15) is 33.6 Å². The second-order valence-electron chi connectivity index (χ2n) is 5.36. The first-order valence-corrected chi connectivity index (χ1v) is 8.01. The quantitative estimate of drug-likeness (QED) is 0.800. The van der Waals surface area contributed by atoms with Crippen LogP contribution in [0.15, 0.2) is 22.7 Å². The molecule has 4 heteroatoms. The molecule has 2 nitrogen and oxygen atoms in total. The molecular weight excluding hydrogens is 326 g/mol. The van der Waals surface area contributed by atoms with E-state index in [4.69, 9.17) is 16.3 Å². The average Bonchev–Trinajstić information content (AvgIpc) is 2.40. The minimum atomic E-state index is 0.182. The average molecular weight is 347 g/mol. The van der Waals surface area contributed by atoms with Crippen LogP contribution in [0.2, 0.25) is 5.02 Å². The molecule has 0 spiro atoms. The lowest BCUT2D eigenvalue weighted by Gasteiger charge is -2.54. The number of anilines is 1. The third kappa shape index (κ3) is 2.93. The third-order valence-electron chi connectivity index (χ3n) is 4.37. The molecule has 0 amide bonds. The van der Waals surface area contributed by atoms with Gasteiger partial charge < -0.3 is 10.1 Å². The number of halogens is 2. The first-order valence-electron chi connectivity index (χ1n) is 6.84. The molecule has 1 aliphatic carbocycles. The molecule has 106 valence electrons. The van der Waals surface area contributed by atoms with Crippen molar-refractivity contribution in [3.05, 3.63) is 27.7 Å². The molecule has 0 aromatic heterocycles. The van der Waals surface area contributed by atoms with Gasteiger partial charge in [-0.25, -0.2) is 0 Å². The second kappa shape index (κ2) is 6.02. The lowest BCUT2D eigenvalue weighted by Crippen LogP contribution is -2.59. The maximum absolute atomic E-state index is 6.24. The Labute approximate surface area is 129 Å². The van der Waals surface area contributed by atoms with Crippen LogP contribution in [0, 0.1) is 5.41 Å². The zero-order valence-electron chi connectivity index (χ0n) is 11.7. The van der Waals surface area contributed by atoms with E-state index in [1.807, 2.05) is 18.2 Å². The molecule has 1 aromatic carbocycles. The van der Waals surface area contributed by atoms with Gasteiger partial charge in [-0.2, -0.15) is 0 Å². The fraction of sp³-hybridized carbons (Fsp3) is 0.600. The van der Waals surface area contributed by atoms with Gasteiger partial charge in [0.25, 0.3) is 0 Å². The van der Waals surface area contributed by atoms with Crippen LogP contribution in [0.3, 0.4) is 0 Å². The summed E-state index contributed by atoms with van der Waals surface area (Å²) >= 11 is 9.73. The van der Waals surface area contributed by atoms with Gasteiger partial charge in [0.1, 0.15) is 0 Å². The molecule has 1 saturated carbocycles. The van der Waals surface area contributed by atoms with Gasteiger partial charge in [0, 0.05) is 22.5 Å². The van der Waals surface area contributed by atoms with Crippen LogP contribution in [0.5, 0.6) is 0 Å². The highest BCUT2D eigenvalue weighted by atomic mass is 79.9. The Morgan fingerprint density at radius 1 is 1.47 bits per heavy atom. The first kappa shape index (κ1) is 15.1. The lowest BCUT2D eigenvalue weighted by molar-refractivity contribution is -0.109. The molecule has 0 radical (unpaired) electrons. The second-order valence-corrected chi connectivity index (χ2v) is 6.68. The van der Waals surface area contributed by atoms with Gasteiger partial charge in [0.15, 0.2) is 0 Å². The molecule has 0 heterocycles. The van der Waals surface area contributed by atoms with Crippen LogP contribution in [0.4, 0.5) is 5.69 Å². The largest absolute Gasteiger partial charge is 0.380 e. The van der Waals surface area contributed by atoms with Crippen molar-refractivity contribution in [1.29, 1.82) is 0 Å². The van der Waals surface area contributed by atoms with Crippen LogP contribution >= 0.6 is 27.5 Å². The normalized spacial score (nSPS) is 29.9. The summed E-state index contributed by atoms with van der Waals surface area (Å²) in [7, 11) is 0. The van der Waals surface area contributed by atoms with Gasteiger partial charge in [-0.3, -0.25) is 0 Å². The van der Waals surface area contributed by atoms with Crippen LogP contribution in [-0.4, -0.2) is 18.8 Å². The molecule has 1 aromatic rings. The highest BCUT2D eigenvalue weighted by Crippen LogP contribution is 2.47. The molecular formula is C15H21BrClNO. The lowest BCUT2D eigenvalue weighted by atomic mass is 9.61. The molecule has 1 fully saturated rings. The zero-order chi connectivity index (χ0) is 14.0. The smallest absolute Gasteiger partial charge is 0.0667 e. The van der Waals surface area contributed by atoms with E-state index in [0.29, 0.717) is 12.1 Å². The van der Waals surface area contributed by atoms with Crippen LogP contribution < -0.4 is 5.32 Å². The first-order chi connectivity index (χ1) is 9.01. The van der Waals surface area contributed by atoms with Gasteiger partial charge in [0.2, 0.25) is 0 Å². The van der Waals surface area contributed by atoms with E-state index >= 15 is 0 Å². The van der Waals surface area contributed by atoms with E-state index in [2.05, 4.69) is 42.0 Å². The van der Waals surface area contributed by atoms with Gasteiger partial charge in [-0.05, 0) is 38.0 Å². The van der Waals surface area contributed by atoms with E-state index in [-0.39, 0.29) is 5.41 Å².